The quantitative estimate of drug-likeness (QED) is 0.633. The Morgan fingerprint density at radius 1 is 1.03 bits per heavy atom. The number of carbonyl (C=O) groups excluding carboxylic acids is 1. The lowest BCUT2D eigenvalue weighted by molar-refractivity contribution is 0.0734. The molecule has 0 fully saturated rings. The molecule has 0 atom stereocenters. The minimum Gasteiger partial charge on any atom is -0.490 e. The van der Waals surface area contributed by atoms with E-state index in [1.165, 1.54) is 11.1 Å². The molecule has 0 unspecified atom stereocenters. The zero-order valence-electron chi connectivity index (χ0n) is 16.5. The molecule has 0 aliphatic carbocycles. The normalized spacial score (nSPS) is 12.9. The van der Waals surface area contributed by atoms with E-state index < -0.39 is 0 Å². The predicted molar refractivity (Wildman–Crippen MR) is 111 cm³/mol. The van der Waals surface area contributed by atoms with Gasteiger partial charge in [0.1, 0.15) is 6.61 Å². The van der Waals surface area contributed by atoms with Crippen LogP contribution in [0, 0.1) is 0 Å². The van der Waals surface area contributed by atoms with Crippen LogP contribution < -0.4 is 9.47 Å². The molecule has 1 aliphatic heterocycles. The lowest BCUT2D eigenvalue weighted by Crippen LogP contribution is -2.35. The second kappa shape index (κ2) is 8.78. The number of pyridine rings is 1. The first-order valence-electron chi connectivity index (χ1n) is 9.89. The summed E-state index contributed by atoms with van der Waals surface area (Å²) >= 11 is 0. The molecule has 0 N–H and O–H groups in total. The van der Waals surface area contributed by atoms with Crippen molar-refractivity contribution >= 4 is 5.91 Å². The van der Waals surface area contributed by atoms with Gasteiger partial charge in [-0.05, 0) is 48.7 Å². The highest BCUT2D eigenvalue weighted by atomic mass is 16.5. The molecular formula is C24H24N2O3. The van der Waals surface area contributed by atoms with Gasteiger partial charge in [0, 0.05) is 36.6 Å². The van der Waals surface area contributed by atoms with E-state index in [1.54, 1.807) is 18.5 Å². The highest BCUT2D eigenvalue weighted by Crippen LogP contribution is 2.30. The molecular weight excluding hydrogens is 364 g/mol. The molecule has 0 saturated carbocycles. The molecule has 1 aromatic heterocycles. The highest BCUT2D eigenvalue weighted by molar-refractivity contribution is 5.95. The van der Waals surface area contributed by atoms with E-state index in [0.717, 1.165) is 18.5 Å². The van der Waals surface area contributed by atoms with Crippen LogP contribution in [0.1, 0.15) is 34.0 Å². The number of ether oxygens (including phenoxy) is 2. The molecule has 5 nitrogen and oxygen atoms in total. The molecule has 29 heavy (non-hydrogen) atoms. The topological polar surface area (TPSA) is 51.7 Å². The Labute approximate surface area is 170 Å². The average molecular weight is 388 g/mol. The maximum atomic E-state index is 13.1. The lowest BCUT2D eigenvalue weighted by Gasteiger charge is -2.29. The van der Waals surface area contributed by atoms with Crippen molar-refractivity contribution in [1.29, 1.82) is 0 Å². The number of fused-ring (bicyclic) bond motifs is 1. The minimum absolute atomic E-state index is 0.0132. The van der Waals surface area contributed by atoms with Gasteiger partial charge in [-0.1, -0.05) is 30.3 Å². The Bertz CT molecular complexity index is 988. The van der Waals surface area contributed by atoms with E-state index in [2.05, 4.69) is 23.2 Å². The fourth-order valence-electron chi connectivity index (χ4n) is 3.52. The smallest absolute Gasteiger partial charge is 0.254 e. The summed E-state index contributed by atoms with van der Waals surface area (Å²) in [5.74, 6) is 1.22. The number of amides is 1. The van der Waals surface area contributed by atoms with Gasteiger partial charge in [-0.3, -0.25) is 9.78 Å². The van der Waals surface area contributed by atoms with E-state index in [1.807, 2.05) is 42.2 Å². The first-order chi connectivity index (χ1) is 14.2. The van der Waals surface area contributed by atoms with Crippen LogP contribution in [-0.4, -0.2) is 28.9 Å². The SMILES string of the molecule is CCOc1cc(C(=O)N2CCc3ccccc3C2)ccc1OCc1cccnc1. The summed E-state index contributed by atoms with van der Waals surface area (Å²) < 4.78 is 11.7. The van der Waals surface area contributed by atoms with Crippen LogP contribution in [0.4, 0.5) is 0 Å². The van der Waals surface area contributed by atoms with Crippen molar-refractivity contribution in [3.8, 4) is 11.5 Å². The fraction of sp³-hybridized carbons (Fsp3) is 0.250. The van der Waals surface area contributed by atoms with Gasteiger partial charge in [-0.2, -0.15) is 0 Å². The van der Waals surface area contributed by atoms with Crippen molar-refractivity contribution in [3.63, 3.8) is 0 Å². The second-order valence-corrected chi connectivity index (χ2v) is 6.99. The number of benzene rings is 2. The van der Waals surface area contributed by atoms with Gasteiger partial charge in [0.2, 0.25) is 0 Å². The van der Waals surface area contributed by atoms with E-state index in [0.29, 0.717) is 36.8 Å². The van der Waals surface area contributed by atoms with Crippen LogP contribution in [0.25, 0.3) is 0 Å². The summed E-state index contributed by atoms with van der Waals surface area (Å²) in [4.78, 5) is 19.1. The molecule has 148 valence electrons. The van der Waals surface area contributed by atoms with E-state index in [4.69, 9.17) is 9.47 Å². The monoisotopic (exact) mass is 388 g/mol. The molecule has 0 radical (unpaired) electrons. The maximum absolute atomic E-state index is 13.1. The average Bonchev–Trinajstić information content (AvgIpc) is 2.78. The number of rotatable bonds is 6. The third-order valence-corrected chi connectivity index (χ3v) is 5.03. The van der Waals surface area contributed by atoms with E-state index in [9.17, 15) is 4.79 Å². The Morgan fingerprint density at radius 2 is 1.90 bits per heavy atom. The van der Waals surface area contributed by atoms with Crippen LogP contribution in [0.15, 0.2) is 67.0 Å². The molecule has 4 rings (SSSR count). The van der Waals surface area contributed by atoms with Gasteiger partial charge in [-0.15, -0.1) is 0 Å². The lowest BCUT2D eigenvalue weighted by atomic mass is 9.99. The largest absolute Gasteiger partial charge is 0.490 e. The van der Waals surface area contributed by atoms with Gasteiger partial charge >= 0.3 is 0 Å². The molecule has 3 aromatic rings. The van der Waals surface area contributed by atoms with Crippen molar-refractivity contribution in [1.82, 2.24) is 9.88 Å². The molecule has 0 saturated heterocycles. The third kappa shape index (κ3) is 4.40. The molecule has 2 heterocycles. The molecule has 2 aromatic carbocycles. The fourth-order valence-corrected chi connectivity index (χ4v) is 3.52. The van der Waals surface area contributed by atoms with Crippen molar-refractivity contribution in [2.24, 2.45) is 0 Å². The van der Waals surface area contributed by atoms with Crippen molar-refractivity contribution < 1.29 is 14.3 Å². The van der Waals surface area contributed by atoms with Crippen molar-refractivity contribution in [2.45, 2.75) is 26.5 Å². The summed E-state index contributed by atoms with van der Waals surface area (Å²) in [5.41, 5.74) is 4.13. The zero-order valence-corrected chi connectivity index (χ0v) is 16.5. The number of aromatic nitrogens is 1. The minimum atomic E-state index is 0.0132. The Balaban J connectivity index is 1.50. The van der Waals surface area contributed by atoms with Crippen LogP contribution in [-0.2, 0) is 19.6 Å². The number of nitrogens with zero attached hydrogens (tertiary/aromatic N) is 2. The first kappa shape index (κ1) is 19.0. The maximum Gasteiger partial charge on any atom is 0.254 e. The second-order valence-electron chi connectivity index (χ2n) is 6.99. The Kier molecular flexibility index (Phi) is 5.75. The summed E-state index contributed by atoms with van der Waals surface area (Å²) in [5, 5.41) is 0. The van der Waals surface area contributed by atoms with Crippen LogP contribution in [0.5, 0.6) is 11.5 Å². The van der Waals surface area contributed by atoms with Crippen LogP contribution >= 0.6 is 0 Å². The number of hydrogen-bond donors (Lipinski definition) is 0. The van der Waals surface area contributed by atoms with Crippen LogP contribution in [0.3, 0.4) is 0 Å². The summed E-state index contributed by atoms with van der Waals surface area (Å²) in [6, 6.07) is 17.5. The summed E-state index contributed by atoms with van der Waals surface area (Å²) in [6.07, 6.45) is 4.38. The van der Waals surface area contributed by atoms with Crippen LogP contribution in [0.2, 0.25) is 0 Å². The predicted octanol–water partition coefficient (Wildman–Crippen LogP) is 4.26. The van der Waals surface area contributed by atoms with E-state index in [-0.39, 0.29) is 5.91 Å². The van der Waals surface area contributed by atoms with Gasteiger partial charge in [0.25, 0.3) is 5.91 Å². The van der Waals surface area contributed by atoms with Gasteiger partial charge < -0.3 is 14.4 Å². The number of hydrogen-bond acceptors (Lipinski definition) is 4. The summed E-state index contributed by atoms with van der Waals surface area (Å²) in [6.45, 7) is 4.17. The Morgan fingerprint density at radius 3 is 2.69 bits per heavy atom. The standard InChI is InChI=1S/C24H24N2O3/c1-2-28-23-14-20(9-10-22(23)29-17-18-6-5-12-25-15-18)24(27)26-13-11-19-7-3-4-8-21(19)16-26/h3-10,12,14-15H,2,11,13,16-17H2,1H3. The molecule has 0 bridgehead atoms. The van der Waals surface area contributed by atoms with Crippen molar-refractivity contribution in [3.05, 3.63) is 89.2 Å². The van der Waals surface area contributed by atoms with Crippen molar-refractivity contribution in [2.75, 3.05) is 13.2 Å². The number of carbonyl (C=O) groups is 1. The molecule has 1 amide bonds. The molecule has 0 spiro atoms. The third-order valence-electron chi connectivity index (χ3n) is 5.03. The van der Waals surface area contributed by atoms with Gasteiger partial charge in [0.15, 0.2) is 11.5 Å². The van der Waals surface area contributed by atoms with Gasteiger partial charge in [0.05, 0.1) is 6.61 Å². The Hall–Kier alpha value is -3.34. The summed E-state index contributed by atoms with van der Waals surface area (Å²) in [7, 11) is 0. The van der Waals surface area contributed by atoms with Gasteiger partial charge in [-0.25, -0.2) is 0 Å². The molecule has 1 aliphatic rings. The molecule has 5 heteroatoms. The zero-order chi connectivity index (χ0) is 20.1. The first-order valence-corrected chi connectivity index (χ1v) is 9.89. The van der Waals surface area contributed by atoms with E-state index >= 15 is 0 Å². The highest BCUT2D eigenvalue weighted by Gasteiger charge is 2.22.